The van der Waals surface area contributed by atoms with Gasteiger partial charge in [0.1, 0.15) is 11.6 Å². The predicted octanol–water partition coefficient (Wildman–Crippen LogP) is 2.60. The molecule has 0 radical (unpaired) electrons. The molecule has 1 aromatic carbocycles. The van der Waals surface area contributed by atoms with Crippen molar-refractivity contribution >= 4 is 21.7 Å². The smallest absolute Gasteiger partial charge is 0.144 e. The first-order valence-electron chi connectivity index (χ1n) is 5.47. The molecule has 17 heavy (non-hydrogen) atoms. The number of halogens is 2. The van der Waals surface area contributed by atoms with Crippen molar-refractivity contribution < 1.29 is 9.18 Å². The highest BCUT2D eigenvalue weighted by Crippen LogP contribution is 2.23. The van der Waals surface area contributed by atoms with E-state index in [0.717, 1.165) is 4.47 Å². The Morgan fingerprint density at radius 2 is 2.24 bits per heavy atom. The van der Waals surface area contributed by atoms with Crippen molar-refractivity contribution in [3.8, 4) is 0 Å². The normalized spacial score (nSPS) is 23.0. The van der Waals surface area contributed by atoms with Gasteiger partial charge in [-0.1, -0.05) is 28.1 Å². The van der Waals surface area contributed by atoms with Crippen molar-refractivity contribution in [2.75, 3.05) is 0 Å². The maximum Gasteiger partial charge on any atom is 0.144 e. The fraction of sp³-hybridized carbons (Fsp3) is 0.308. The molecule has 0 fully saturated rings. The SMILES string of the molecule is NC1C=CC(C(=O)Cc2cc(F)ccc2Br)C1. The molecule has 2 unspecified atom stereocenters. The van der Waals surface area contributed by atoms with Gasteiger partial charge in [0.15, 0.2) is 0 Å². The van der Waals surface area contributed by atoms with Gasteiger partial charge < -0.3 is 5.73 Å². The average Bonchev–Trinajstić information content (AvgIpc) is 2.70. The maximum atomic E-state index is 13.1. The van der Waals surface area contributed by atoms with Gasteiger partial charge in [-0.05, 0) is 30.2 Å². The second-order valence-corrected chi connectivity index (χ2v) is 5.12. The molecule has 0 bridgehead atoms. The zero-order valence-electron chi connectivity index (χ0n) is 9.20. The van der Waals surface area contributed by atoms with Crippen LogP contribution in [0.25, 0.3) is 0 Å². The third kappa shape index (κ3) is 3.01. The van der Waals surface area contributed by atoms with Gasteiger partial charge in [0, 0.05) is 22.9 Å². The summed E-state index contributed by atoms with van der Waals surface area (Å²) in [6.45, 7) is 0. The molecular weight excluding hydrogens is 285 g/mol. The summed E-state index contributed by atoms with van der Waals surface area (Å²) in [4.78, 5) is 12.0. The summed E-state index contributed by atoms with van der Waals surface area (Å²) in [5.74, 6) is -0.365. The van der Waals surface area contributed by atoms with Gasteiger partial charge >= 0.3 is 0 Å². The van der Waals surface area contributed by atoms with Gasteiger partial charge in [0.25, 0.3) is 0 Å². The number of hydrogen-bond acceptors (Lipinski definition) is 2. The molecule has 90 valence electrons. The molecule has 1 aliphatic rings. The van der Waals surface area contributed by atoms with Crippen molar-refractivity contribution in [2.24, 2.45) is 11.7 Å². The number of allylic oxidation sites excluding steroid dienone is 1. The number of Topliss-reactive ketones (excluding diaryl/α,β-unsaturated/α-hetero) is 1. The zero-order chi connectivity index (χ0) is 12.4. The summed E-state index contributed by atoms with van der Waals surface area (Å²) in [7, 11) is 0. The number of rotatable bonds is 3. The van der Waals surface area contributed by atoms with E-state index in [4.69, 9.17) is 5.73 Å². The van der Waals surface area contributed by atoms with E-state index in [9.17, 15) is 9.18 Å². The Labute approximate surface area is 108 Å². The number of carbonyl (C=O) groups excluding carboxylic acids is 1. The molecule has 0 spiro atoms. The van der Waals surface area contributed by atoms with Crippen molar-refractivity contribution in [1.29, 1.82) is 0 Å². The molecule has 4 heteroatoms. The lowest BCUT2D eigenvalue weighted by Crippen LogP contribution is -2.20. The van der Waals surface area contributed by atoms with E-state index in [1.54, 1.807) is 6.07 Å². The van der Waals surface area contributed by atoms with Crippen molar-refractivity contribution in [3.05, 3.63) is 46.2 Å². The Kier molecular flexibility index (Phi) is 3.74. The summed E-state index contributed by atoms with van der Waals surface area (Å²) in [5.41, 5.74) is 6.39. The van der Waals surface area contributed by atoms with Crippen molar-refractivity contribution in [2.45, 2.75) is 18.9 Å². The van der Waals surface area contributed by atoms with E-state index in [0.29, 0.717) is 12.0 Å². The van der Waals surface area contributed by atoms with Crippen molar-refractivity contribution in [1.82, 2.24) is 0 Å². The molecule has 0 saturated carbocycles. The monoisotopic (exact) mass is 297 g/mol. The van der Waals surface area contributed by atoms with Gasteiger partial charge in [-0.15, -0.1) is 0 Å². The van der Waals surface area contributed by atoms with Crippen LogP contribution in [0.15, 0.2) is 34.8 Å². The van der Waals surface area contributed by atoms with Crippen LogP contribution in [0.3, 0.4) is 0 Å². The molecule has 1 aliphatic carbocycles. The Balaban J connectivity index is 2.08. The first-order valence-corrected chi connectivity index (χ1v) is 6.26. The van der Waals surface area contributed by atoms with Crippen LogP contribution in [0, 0.1) is 11.7 Å². The van der Waals surface area contributed by atoms with Crippen LogP contribution in [0.2, 0.25) is 0 Å². The molecule has 0 aromatic heterocycles. The largest absolute Gasteiger partial charge is 0.324 e. The maximum absolute atomic E-state index is 13.1. The number of carbonyl (C=O) groups is 1. The molecule has 2 atom stereocenters. The number of benzene rings is 1. The second-order valence-electron chi connectivity index (χ2n) is 4.27. The lowest BCUT2D eigenvalue weighted by atomic mass is 9.97. The lowest BCUT2D eigenvalue weighted by Gasteiger charge is -2.09. The first-order chi connectivity index (χ1) is 8.06. The Morgan fingerprint density at radius 1 is 1.47 bits per heavy atom. The zero-order valence-corrected chi connectivity index (χ0v) is 10.8. The highest BCUT2D eigenvalue weighted by molar-refractivity contribution is 9.10. The first kappa shape index (κ1) is 12.5. The predicted molar refractivity (Wildman–Crippen MR) is 68.0 cm³/mol. The summed E-state index contributed by atoms with van der Waals surface area (Å²) < 4.78 is 13.8. The second kappa shape index (κ2) is 5.10. The number of hydrogen-bond donors (Lipinski definition) is 1. The minimum atomic E-state index is -0.324. The summed E-state index contributed by atoms with van der Waals surface area (Å²) in [6.07, 6.45) is 4.59. The van der Waals surface area contributed by atoms with Crippen LogP contribution in [0.1, 0.15) is 12.0 Å². The molecular formula is C13H13BrFNO. The van der Waals surface area contributed by atoms with Crippen LogP contribution in [0.4, 0.5) is 4.39 Å². The van der Waals surface area contributed by atoms with Gasteiger partial charge in [0.05, 0.1) is 0 Å². The Hall–Kier alpha value is -1.00. The topological polar surface area (TPSA) is 43.1 Å². The lowest BCUT2D eigenvalue weighted by molar-refractivity contribution is -0.120. The third-order valence-electron chi connectivity index (χ3n) is 2.90. The molecule has 2 N–H and O–H groups in total. The van der Waals surface area contributed by atoms with E-state index < -0.39 is 0 Å². The van der Waals surface area contributed by atoms with Gasteiger partial charge in [-0.25, -0.2) is 4.39 Å². The highest BCUT2D eigenvalue weighted by atomic mass is 79.9. The van der Waals surface area contributed by atoms with Gasteiger partial charge in [0.2, 0.25) is 0 Å². The van der Waals surface area contributed by atoms with Crippen LogP contribution < -0.4 is 5.73 Å². The average molecular weight is 298 g/mol. The molecule has 2 rings (SSSR count). The third-order valence-corrected chi connectivity index (χ3v) is 3.68. The van der Waals surface area contributed by atoms with E-state index in [1.165, 1.54) is 12.1 Å². The minimum Gasteiger partial charge on any atom is -0.324 e. The molecule has 0 heterocycles. The van der Waals surface area contributed by atoms with Crippen LogP contribution >= 0.6 is 15.9 Å². The van der Waals surface area contributed by atoms with E-state index in [-0.39, 0.29) is 30.0 Å². The van der Waals surface area contributed by atoms with Crippen LogP contribution in [-0.2, 0) is 11.2 Å². The molecule has 0 aliphatic heterocycles. The highest BCUT2D eigenvalue weighted by Gasteiger charge is 2.23. The standard InChI is InChI=1S/C13H13BrFNO/c14-12-4-2-10(15)5-9(12)7-13(17)8-1-3-11(16)6-8/h1-5,8,11H,6-7,16H2. The fourth-order valence-electron chi connectivity index (χ4n) is 1.96. The van der Waals surface area contributed by atoms with E-state index >= 15 is 0 Å². The van der Waals surface area contributed by atoms with Crippen LogP contribution in [0.5, 0.6) is 0 Å². The minimum absolute atomic E-state index is 0.0279. The van der Waals surface area contributed by atoms with Gasteiger partial charge in [-0.2, -0.15) is 0 Å². The Bertz CT molecular complexity index is 472. The molecule has 0 saturated heterocycles. The molecule has 0 amide bonds. The van der Waals surface area contributed by atoms with E-state index in [1.807, 2.05) is 12.2 Å². The summed E-state index contributed by atoms with van der Waals surface area (Å²) in [5, 5.41) is 0. The Morgan fingerprint density at radius 3 is 2.88 bits per heavy atom. The quantitative estimate of drug-likeness (QED) is 0.872. The number of ketones is 1. The number of nitrogens with two attached hydrogens (primary N) is 1. The fourth-order valence-corrected chi connectivity index (χ4v) is 2.35. The van der Waals surface area contributed by atoms with Crippen LogP contribution in [-0.4, -0.2) is 11.8 Å². The van der Waals surface area contributed by atoms with Gasteiger partial charge in [-0.3, -0.25) is 4.79 Å². The molecule has 1 aromatic rings. The summed E-state index contributed by atoms with van der Waals surface area (Å²) in [6, 6.07) is 4.35. The molecule has 2 nitrogen and oxygen atoms in total. The van der Waals surface area contributed by atoms with Crippen molar-refractivity contribution in [3.63, 3.8) is 0 Å². The summed E-state index contributed by atoms with van der Waals surface area (Å²) >= 11 is 3.32. The van der Waals surface area contributed by atoms with E-state index in [2.05, 4.69) is 15.9 Å².